The molecule has 11 atom stereocenters. The molecule has 0 heterocycles. The first kappa shape index (κ1) is 9.82. The highest BCUT2D eigenvalue weighted by Crippen LogP contribution is 2.83. The summed E-state index contributed by atoms with van der Waals surface area (Å²) in [6.45, 7) is 0. The second-order valence-corrected chi connectivity index (χ2v) is 9.86. The molecule has 0 aromatic rings. The zero-order chi connectivity index (χ0) is 12.1. The van der Waals surface area contributed by atoms with Crippen LogP contribution in [0.2, 0.25) is 0 Å². The lowest BCUT2D eigenvalue weighted by atomic mass is 9.21. The van der Waals surface area contributed by atoms with E-state index in [1.807, 2.05) is 0 Å². The Balaban J connectivity index is 1.61. The van der Waals surface area contributed by atoms with Gasteiger partial charge >= 0.3 is 0 Å². The van der Waals surface area contributed by atoms with Gasteiger partial charge in [0, 0.05) is 5.54 Å². The molecule has 9 rings (SSSR count). The van der Waals surface area contributed by atoms with E-state index in [9.17, 15) is 0 Å². The predicted octanol–water partition coefficient (Wildman–Crippen LogP) is 3.04. The third-order valence-electron chi connectivity index (χ3n) is 10.00. The van der Waals surface area contributed by atoms with Gasteiger partial charge in [-0.15, -0.1) is 0 Å². The maximum atomic E-state index is 7.38. The molecule has 0 aromatic heterocycles. The predicted molar refractivity (Wildman–Crippen MR) is 73.1 cm³/mol. The smallest absolute Gasteiger partial charge is 0.0277 e. The van der Waals surface area contributed by atoms with Gasteiger partial charge in [-0.3, -0.25) is 0 Å². The lowest BCUT2D eigenvalue weighted by Crippen LogP contribution is -2.86. The van der Waals surface area contributed by atoms with E-state index in [0.717, 1.165) is 53.3 Å². The molecule has 0 radical (unpaired) electrons. The van der Waals surface area contributed by atoms with Crippen molar-refractivity contribution < 1.29 is 0 Å². The number of fused-ring (bicyclic) bond motifs is 1. The van der Waals surface area contributed by atoms with E-state index in [1.165, 1.54) is 6.42 Å². The number of hydrogen-bond acceptors (Lipinski definition) is 1. The van der Waals surface area contributed by atoms with Crippen LogP contribution >= 0.6 is 0 Å². The van der Waals surface area contributed by atoms with Crippen LogP contribution in [-0.2, 0) is 0 Å². The van der Waals surface area contributed by atoms with Crippen molar-refractivity contribution in [2.45, 2.75) is 50.5 Å². The molecule has 2 N–H and O–H groups in total. The van der Waals surface area contributed by atoms with Crippen molar-refractivity contribution in [3.05, 3.63) is 0 Å². The van der Waals surface area contributed by atoms with Crippen molar-refractivity contribution in [3.63, 3.8) is 0 Å². The molecule has 0 aliphatic heterocycles. The molecule has 19 heavy (non-hydrogen) atoms. The van der Waals surface area contributed by atoms with Crippen molar-refractivity contribution in [1.82, 2.24) is 0 Å². The fourth-order valence-corrected chi connectivity index (χ4v) is 10.3. The summed E-state index contributed by atoms with van der Waals surface area (Å²) in [5.74, 6) is 9.63. The number of nitrogens with two attached hydrogens (primary N) is 1. The van der Waals surface area contributed by atoms with Gasteiger partial charge in [-0.1, -0.05) is 0 Å². The normalized spacial score (nSPS) is 80.4. The van der Waals surface area contributed by atoms with Crippen LogP contribution in [0.5, 0.6) is 0 Å². The molecule has 0 aromatic carbocycles. The highest BCUT2D eigenvalue weighted by atomic mass is 15.0. The van der Waals surface area contributed by atoms with Gasteiger partial charge in [-0.25, -0.2) is 0 Å². The first-order valence-corrected chi connectivity index (χ1v) is 9.00. The summed E-state index contributed by atoms with van der Waals surface area (Å²) in [7, 11) is 0. The van der Waals surface area contributed by atoms with Crippen LogP contribution in [0.25, 0.3) is 0 Å². The average Bonchev–Trinajstić information content (AvgIpc) is 2.39. The Bertz CT molecular complexity index is 504. The summed E-state index contributed by atoms with van der Waals surface area (Å²) < 4.78 is 0. The van der Waals surface area contributed by atoms with E-state index in [-0.39, 0.29) is 0 Å². The summed E-state index contributed by atoms with van der Waals surface area (Å²) in [6, 6.07) is 0. The van der Waals surface area contributed by atoms with Crippen LogP contribution < -0.4 is 5.73 Å². The molecule has 9 aliphatic rings. The lowest BCUT2D eigenvalue weighted by molar-refractivity contribution is -0.339. The minimum Gasteiger partial charge on any atom is -0.324 e. The van der Waals surface area contributed by atoms with Crippen LogP contribution in [0.1, 0.15) is 44.9 Å². The van der Waals surface area contributed by atoms with E-state index >= 15 is 0 Å². The molecule has 102 valence electrons. The molecule has 11 bridgehead atoms. The molecule has 0 saturated heterocycles. The van der Waals surface area contributed by atoms with Crippen LogP contribution in [0.15, 0.2) is 0 Å². The summed E-state index contributed by atoms with van der Waals surface area (Å²) in [5, 5.41) is 0. The van der Waals surface area contributed by atoms with Gasteiger partial charge < -0.3 is 5.73 Å². The average molecular weight is 255 g/mol. The van der Waals surface area contributed by atoms with Crippen molar-refractivity contribution in [2.75, 3.05) is 0 Å². The second-order valence-electron chi connectivity index (χ2n) is 9.86. The summed E-state index contributed by atoms with van der Waals surface area (Å²) in [4.78, 5) is 0. The monoisotopic (exact) mass is 255 g/mol. The molecule has 1 heteroatoms. The molecule has 9 saturated carbocycles. The van der Waals surface area contributed by atoms with Gasteiger partial charge in [0.1, 0.15) is 0 Å². The first-order chi connectivity index (χ1) is 9.21. The van der Waals surface area contributed by atoms with Gasteiger partial charge in [-0.2, -0.15) is 0 Å². The summed E-state index contributed by atoms with van der Waals surface area (Å²) >= 11 is 0. The zero-order valence-corrected chi connectivity index (χ0v) is 11.7. The van der Waals surface area contributed by atoms with Gasteiger partial charge in [-0.05, 0) is 104 Å². The topological polar surface area (TPSA) is 26.0 Å². The molecule has 9 fully saturated rings. The van der Waals surface area contributed by atoms with Crippen molar-refractivity contribution >= 4 is 0 Å². The van der Waals surface area contributed by atoms with E-state index < -0.39 is 0 Å². The maximum Gasteiger partial charge on any atom is 0.0277 e. The van der Waals surface area contributed by atoms with E-state index in [4.69, 9.17) is 5.73 Å². The fourth-order valence-electron chi connectivity index (χ4n) is 10.3. The molecular weight excluding hydrogens is 230 g/mol. The van der Waals surface area contributed by atoms with Crippen LogP contribution in [0.4, 0.5) is 0 Å². The third kappa shape index (κ3) is 0.716. The second kappa shape index (κ2) is 2.45. The zero-order valence-electron chi connectivity index (χ0n) is 11.7. The molecular formula is C18H25N. The minimum atomic E-state index is 0.325. The Morgan fingerprint density at radius 2 is 1.68 bits per heavy atom. The standard InChI is InChI=1S/C18H25N/c19-18-14-2-8-1-13-12(14)4-11-9-3-10(15(13)16(11)18)7-17(18,5-8)6-9/h8-16H,1-7,19H2/t8?,9-,10+,11?,12?,13?,14?,15?,16+,17-,18?/m0/s1. The van der Waals surface area contributed by atoms with Gasteiger partial charge in [0.15, 0.2) is 0 Å². The molecule has 1 spiro atoms. The largest absolute Gasteiger partial charge is 0.324 e. The minimum absolute atomic E-state index is 0.325. The number of rotatable bonds is 0. The van der Waals surface area contributed by atoms with Crippen molar-refractivity contribution in [1.29, 1.82) is 0 Å². The Kier molecular flexibility index (Phi) is 1.26. The summed E-state index contributed by atoms with van der Waals surface area (Å²) in [6.07, 6.45) is 11.0. The first-order valence-electron chi connectivity index (χ1n) is 9.00. The van der Waals surface area contributed by atoms with Gasteiger partial charge in [0.2, 0.25) is 0 Å². The van der Waals surface area contributed by atoms with Crippen LogP contribution in [0, 0.1) is 58.7 Å². The molecule has 1 nitrogen and oxygen atoms in total. The maximum absolute atomic E-state index is 7.38. The van der Waals surface area contributed by atoms with Crippen LogP contribution in [0.3, 0.4) is 0 Å². The fraction of sp³-hybridized carbons (Fsp3) is 1.00. The highest BCUT2D eigenvalue weighted by molar-refractivity contribution is 5.33. The Labute approximate surface area is 115 Å². The van der Waals surface area contributed by atoms with E-state index in [0.29, 0.717) is 11.0 Å². The lowest BCUT2D eigenvalue weighted by Gasteiger charge is -2.85. The highest BCUT2D eigenvalue weighted by Gasteiger charge is 2.81. The quantitative estimate of drug-likeness (QED) is 0.707. The Morgan fingerprint density at radius 1 is 0.789 bits per heavy atom. The molecule has 7 unspecified atom stereocenters. The van der Waals surface area contributed by atoms with E-state index in [2.05, 4.69) is 0 Å². The molecule has 9 aliphatic carbocycles. The van der Waals surface area contributed by atoms with Crippen LogP contribution in [-0.4, -0.2) is 5.54 Å². The molecule has 0 amide bonds. The number of hydrogen-bond donors (Lipinski definition) is 1. The van der Waals surface area contributed by atoms with Crippen molar-refractivity contribution in [3.8, 4) is 0 Å². The SMILES string of the molecule is NC12C3CC4CC5C3CC3[C@H]6C[C@H](C[C@]1(C4)C6)C5[C@@H]32. The van der Waals surface area contributed by atoms with Crippen molar-refractivity contribution in [2.24, 2.45) is 64.4 Å². The van der Waals surface area contributed by atoms with E-state index in [1.54, 1.807) is 38.5 Å². The third-order valence-corrected chi connectivity index (χ3v) is 10.00. The Hall–Kier alpha value is -0.0400. The summed E-state index contributed by atoms with van der Waals surface area (Å²) in [5.41, 5.74) is 8.34. The van der Waals surface area contributed by atoms with Gasteiger partial charge in [0.25, 0.3) is 0 Å². The Morgan fingerprint density at radius 3 is 2.63 bits per heavy atom. The van der Waals surface area contributed by atoms with Gasteiger partial charge in [0.05, 0.1) is 0 Å².